The van der Waals surface area contributed by atoms with Crippen LogP contribution >= 0.6 is 15.9 Å². The molecule has 3 rings (SSSR count). The molecule has 142 valence electrons. The number of benzene rings is 1. The molecular formula is C24H23BrN2O. The van der Waals surface area contributed by atoms with Gasteiger partial charge in [0.05, 0.1) is 18.0 Å². The molecule has 0 bridgehead atoms. The molecule has 0 fully saturated rings. The summed E-state index contributed by atoms with van der Waals surface area (Å²) < 4.78 is 6.72. The van der Waals surface area contributed by atoms with Gasteiger partial charge in [0.15, 0.2) is 0 Å². The molecule has 4 heteroatoms. The van der Waals surface area contributed by atoms with Crippen LogP contribution in [0.4, 0.5) is 0 Å². The molecule has 2 aromatic heterocycles. The van der Waals surface area contributed by atoms with Crippen molar-refractivity contribution in [2.24, 2.45) is 0 Å². The molecule has 0 spiro atoms. The zero-order valence-corrected chi connectivity index (χ0v) is 17.6. The lowest BCUT2D eigenvalue weighted by Gasteiger charge is -2.05. The van der Waals surface area contributed by atoms with Crippen LogP contribution in [0.2, 0.25) is 0 Å². The smallest absolute Gasteiger partial charge is 0.119 e. The minimum Gasteiger partial charge on any atom is -0.494 e. The second kappa shape index (κ2) is 10.6. The summed E-state index contributed by atoms with van der Waals surface area (Å²) in [4.78, 5) is 8.82. The van der Waals surface area contributed by atoms with E-state index in [1.54, 1.807) is 12.4 Å². The molecule has 0 atom stereocenters. The Morgan fingerprint density at radius 1 is 0.786 bits per heavy atom. The van der Waals surface area contributed by atoms with E-state index in [4.69, 9.17) is 4.74 Å². The summed E-state index contributed by atoms with van der Waals surface area (Å²) >= 11 is 3.39. The molecule has 0 aliphatic heterocycles. The number of unbranched alkanes of at least 4 members (excludes halogenated alkanes) is 3. The van der Waals surface area contributed by atoms with Crippen LogP contribution in [0.25, 0.3) is 11.4 Å². The Balaban J connectivity index is 1.56. The third-order valence-electron chi connectivity index (χ3n) is 4.23. The molecule has 1 aromatic carbocycles. The number of pyridine rings is 2. The number of aromatic nitrogens is 2. The van der Waals surface area contributed by atoms with Crippen molar-refractivity contribution in [3.05, 3.63) is 76.5 Å². The standard InChI is InChI=1S/C24H23BrN2O/c1-2-3-4-5-16-28-22-12-8-19(9-13-22)6-7-20-10-14-23(26-17-20)24-15-11-21(25)18-27-24/h8-15,17-18H,2-5,16H2,1H3. The first-order chi connectivity index (χ1) is 13.7. The fraction of sp³-hybridized carbons (Fsp3) is 0.250. The summed E-state index contributed by atoms with van der Waals surface area (Å²) in [5, 5.41) is 0. The van der Waals surface area contributed by atoms with Crippen LogP contribution in [0.5, 0.6) is 5.75 Å². The van der Waals surface area contributed by atoms with Gasteiger partial charge in [-0.05, 0) is 70.9 Å². The van der Waals surface area contributed by atoms with Crippen molar-refractivity contribution in [2.45, 2.75) is 32.6 Å². The van der Waals surface area contributed by atoms with E-state index in [9.17, 15) is 0 Å². The maximum absolute atomic E-state index is 5.77. The van der Waals surface area contributed by atoms with Crippen LogP contribution < -0.4 is 4.74 Å². The number of hydrogen-bond acceptors (Lipinski definition) is 3. The molecule has 2 heterocycles. The van der Waals surface area contributed by atoms with E-state index in [2.05, 4.69) is 44.7 Å². The minimum atomic E-state index is 0.774. The predicted octanol–water partition coefficient (Wildman–Crippen LogP) is 6.27. The van der Waals surface area contributed by atoms with Gasteiger partial charge in [-0.2, -0.15) is 0 Å². The lowest BCUT2D eigenvalue weighted by Crippen LogP contribution is -1.96. The number of hydrogen-bond donors (Lipinski definition) is 0. The van der Waals surface area contributed by atoms with Crippen LogP contribution in [0.15, 0.2) is 65.4 Å². The second-order valence-corrected chi connectivity index (χ2v) is 7.39. The maximum Gasteiger partial charge on any atom is 0.119 e. The fourth-order valence-electron chi connectivity index (χ4n) is 2.64. The number of halogens is 1. The van der Waals surface area contributed by atoms with Crippen molar-refractivity contribution in [1.29, 1.82) is 0 Å². The molecule has 0 saturated heterocycles. The molecule has 28 heavy (non-hydrogen) atoms. The molecule has 0 N–H and O–H groups in total. The highest BCUT2D eigenvalue weighted by Crippen LogP contribution is 2.17. The Morgan fingerprint density at radius 2 is 1.46 bits per heavy atom. The van der Waals surface area contributed by atoms with Crippen molar-refractivity contribution >= 4 is 15.9 Å². The zero-order valence-electron chi connectivity index (χ0n) is 16.0. The molecule has 0 radical (unpaired) electrons. The van der Waals surface area contributed by atoms with Gasteiger partial charge in [-0.1, -0.05) is 38.0 Å². The van der Waals surface area contributed by atoms with Crippen LogP contribution in [-0.4, -0.2) is 16.6 Å². The summed E-state index contributed by atoms with van der Waals surface area (Å²) in [6.07, 6.45) is 8.39. The molecule has 3 nitrogen and oxygen atoms in total. The average molecular weight is 435 g/mol. The fourth-order valence-corrected chi connectivity index (χ4v) is 2.88. The van der Waals surface area contributed by atoms with E-state index in [0.717, 1.165) is 45.8 Å². The predicted molar refractivity (Wildman–Crippen MR) is 117 cm³/mol. The molecule has 0 aliphatic carbocycles. The maximum atomic E-state index is 5.77. The molecular weight excluding hydrogens is 412 g/mol. The van der Waals surface area contributed by atoms with Crippen molar-refractivity contribution in [3.63, 3.8) is 0 Å². The highest BCUT2D eigenvalue weighted by Gasteiger charge is 2.00. The van der Waals surface area contributed by atoms with Gasteiger partial charge in [-0.25, -0.2) is 0 Å². The van der Waals surface area contributed by atoms with Gasteiger partial charge >= 0.3 is 0 Å². The lowest BCUT2D eigenvalue weighted by atomic mass is 10.2. The SMILES string of the molecule is CCCCCCOc1ccc(C#Cc2ccc(-c3ccc(Br)cn3)nc2)cc1. The highest BCUT2D eigenvalue weighted by atomic mass is 79.9. The monoisotopic (exact) mass is 434 g/mol. The van der Waals surface area contributed by atoms with Gasteiger partial charge in [-0.3, -0.25) is 9.97 Å². The first kappa shape index (κ1) is 20.1. The summed E-state index contributed by atoms with van der Waals surface area (Å²) in [5.74, 6) is 7.22. The van der Waals surface area contributed by atoms with Crippen LogP contribution in [0, 0.1) is 11.8 Å². The topological polar surface area (TPSA) is 35.0 Å². The Morgan fingerprint density at radius 3 is 2.11 bits per heavy atom. The van der Waals surface area contributed by atoms with Crippen molar-refractivity contribution in [3.8, 4) is 29.0 Å². The first-order valence-electron chi connectivity index (χ1n) is 9.57. The Hall–Kier alpha value is -2.64. The lowest BCUT2D eigenvalue weighted by molar-refractivity contribution is 0.305. The van der Waals surface area contributed by atoms with E-state index < -0.39 is 0 Å². The van der Waals surface area contributed by atoms with E-state index in [1.165, 1.54) is 19.3 Å². The molecule has 0 amide bonds. The quantitative estimate of drug-likeness (QED) is 0.324. The normalized spacial score (nSPS) is 10.2. The van der Waals surface area contributed by atoms with E-state index in [-0.39, 0.29) is 0 Å². The third-order valence-corrected chi connectivity index (χ3v) is 4.69. The van der Waals surface area contributed by atoms with Gasteiger partial charge in [0.2, 0.25) is 0 Å². The molecule has 3 aromatic rings. The highest BCUT2D eigenvalue weighted by molar-refractivity contribution is 9.10. The van der Waals surface area contributed by atoms with Crippen LogP contribution in [0.1, 0.15) is 43.7 Å². The van der Waals surface area contributed by atoms with Crippen molar-refractivity contribution in [2.75, 3.05) is 6.61 Å². The minimum absolute atomic E-state index is 0.774. The number of rotatable bonds is 7. The largest absolute Gasteiger partial charge is 0.494 e. The number of ether oxygens (including phenoxy) is 1. The van der Waals surface area contributed by atoms with Crippen molar-refractivity contribution in [1.82, 2.24) is 9.97 Å². The Labute approximate surface area is 175 Å². The number of nitrogens with zero attached hydrogens (tertiary/aromatic N) is 2. The van der Waals surface area contributed by atoms with E-state index in [0.29, 0.717) is 0 Å². The molecule has 0 unspecified atom stereocenters. The van der Waals surface area contributed by atoms with E-state index in [1.807, 2.05) is 48.5 Å². The van der Waals surface area contributed by atoms with Gasteiger partial charge in [0.1, 0.15) is 5.75 Å². The first-order valence-corrected chi connectivity index (χ1v) is 10.4. The summed E-state index contributed by atoms with van der Waals surface area (Å²) in [7, 11) is 0. The average Bonchev–Trinajstić information content (AvgIpc) is 2.74. The Kier molecular flexibility index (Phi) is 7.63. The van der Waals surface area contributed by atoms with Crippen LogP contribution in [0.3, 0.4) is 0 Å². The van der Waals surface area contributed by atoms with Crippen molar-refractivity contribution < 1.29 is 4.74 Å². The third kappa shape index (κ3) is 6.21. The second-order valence-electron chi connectivity index (χ2n) is 6.48. The van der Waals surface area contributed by atoms with Gasteiger partial charge in [-0.15, -0.1) is 0 Å². The van der Waals surface area contributed by atoms with Gasteiger partial charge in [0.25, 0.3) is 0 Å². The summed E-state index contributed by atoms with van der Waals surface area (Å²) in [6, 6.07) is 15.7. The van der Waals surface area contributed by atoms with Gasteiger partial charge in [0, 0.05) is 28.0 Å². The zero-order chi connectivity index (χ0) is 19.6. The molecule has 0 aliphatic rings. The van der Waals surface area contributed by atoms with Crippen LogP contribution in [-0.2, 0) is 0 Å². The van der Waals surface area contributed by atoms with Gasteiger partial charge < -0.3 is 4.74 Å². The summed E-state index contributed by atoms with van der Waals surface area (Å²) in [6.45, 7) is 2.99. The van der Waals surface area contributed by atoms with E-state index >= 15 is 0 Å². The summed E-state index contributed by atoms with van der Waals surface area (Å²) in [5.41, 5.74) is 3.50. The Bertz CT molecular complexity index is 924. The molecule has 0 saturated carbocycles.